The fourth-order valence-electron chi connectivity index (χ4n) is 4.50. The summed E-state index contributed by atoms with van der Waals surface area (Å²) in [4.78, 5) is 17.4. The van der Waals surface area contributed by atoms with E-state index in [-0.39, 0.29) is 11.5 Å². The maximum Gasteiger partial charge on any atom is 0.261 e. The lowest BCUT2D eigenvalue weighted by atomic mass is 9.85. The van der Waals surface area contributed by atoms with E-state index >= 15 is 0 Å². The predicted octanol–water partition coefficient (Wildman–Crippen LogP) is 2.69. The van der Waals surface area contributed by atoms with Gasteiger partial charge < -0.3 is 15.0 Å². The smallest absolute Gasteiger partial charge is 0.261 e. The van der Waals surface area contributed by atoms with E-state index in [0.29, 0.717) is 6.54 Å². The van der Waals surface area contributed by atoms with Crippen molar-refractivity contribution in [2.24, 2.45) is 13.0 Å². The van der Waals surface area contributed by atoms with Crippen LogP contribution in [0.25, 0.3) is 0 Å². The molecular formula is C21H28N4O2S. The average molecular weight is 401 g/mol. The first kappa shape index (κ1) is 18.3. The van der Waals surface area contributed by atoms with Gasteiger partial charge in [0.25, 0.3) is 5.91 Å². The Morgan fingerprint density at radius 1 is 1.39 bits per heavy atom. The molecule has 28 heavy (non-hydrogen) atoms. The van der Waals surface area contributed by atoms with Crippen LogP contribution in [0, 0.1) is 5.92 Å². The number of carbonyl (C=O) groups is 1. The molecule has 1 saturated carbocycles. The Morgan fingerprint density at radius 2 is 2.21 bits per heavy atom. The quantitative estimate of drug-likeness (QED) is 0.838. The van der Waals surface area contributed by atoms with Crippen molar-refractivity contribution in [3.05, 3.63) is 39.3 Å². The summed E-state index contributed by atoms with van der Waals surface area (Å²) in [6.45, 7) is 4.75. The van der Waals surface area contributed by atoms with Gasteiger partial charge in [-0.05, 0) is 49.7 Å². The monoisotopic (exact) mass is 400 g/mol. The lowest BCUT2D eigenvalue weighted by Gasteiger charge is -2.43. The maximum atomic E-state index is 12.7. The number of ether oxygens (including phenoxy) is 1. The van der Waals surface area contributed by atoms with Gasteiger partial charge in [0.15, 0.2) is 0 Å². The van der Waals surface area contributed by atoms with Crippen LogP contribution in [-0.4, -0.2) is 46.8 Å². The molecule has 5 rings (SSSR count). The highest BCUT2D eigenvalue weighted by Crippen LogP contribution is 2.46. The molecule has 2 aliphatic heterocycles. The molecule has 7 heteroatoms. The number of thiophene rings is 1. The highest BCUT2D eigenvalue weighted by molar-refractivity contribution is 7.14. The summed E-state index contributed by atoms with van der Waals surface area (Å²) < 4.78 is 8.12. The third kappa shape index (κ3) is 3.63. The number of hydrogen-bond acceptors (Lipinski definition) is 5. The first-order chi connectivity index (χ1) is 13.6. The molecule has 0 aromatic carbocycles. The van der Waals surface area contributed by atoms with Gasteiger partial charge >= 0.3 is 0 Å². The molecular weight excluding hydrogens is 372 g/mol. The van der Waals surface area contributed by atoms with E-state index in [2.05, 4.69) is 21.4 Å². The fourth-order valence-corrected chi connectivity index (χ4v) is 5.83. The Morgan fingerprint density at radius 3 is 2.93 bits per heavy atom. The van der Waals surface area contributed by atoms with Crippen molar-refractivity contribution in [1.29, 1.82) is 0 Å². The van der Waals surface area contributed by atoms with Gasteiger partial charge in [-0.1, -0.05) is 0 Å². The Balaban J connectivity index is 1.27. The van der Waals surface area contributed by atoms with Crippen molar-refractivity contribution >= 4 is 17.2 Å². The molecule has 0 bridgehead atoms. The number of amides is 1. The molecule has 1 amide bonds. The van der Waals surface area contributed by atoms with Crippen LogP contribution < -0.4 is 5.32 Å². The van der Waals surface area contributed by atoms with E-state index in [4.69, 9.17) is 4.74 Å². The van der Waals surface area contributed by atoms with Gasteiger partial charge in [0.2, 0.25) is 0 Å². The SMILES string of the molecule is Cn1cc(CNC(=O)c2cc3c(s2)C2(CCN(CC4CC4)CC2)OCC3)cn1. The van der Waals surface area contributed by atoms with E-state index in [1.165, 1.54) is 29.8 Å². The van der Waals surface area contributed by atoms with E-state index in [0.717, 1.165) is 55.3 Å². The Hall–Kier alpha value is -1.70. The summed E-state index contributed by atoms with van der Waals surface area (Å²) in [6, 6.07) is 2.10. The van der Waals surface area contributed by atoms with Gasteiger partial charge in [-0.15, -0.1) is 11.3 Å². The Kier molecular flexibility index (Phi) is 4.77. The molecule has 1 saturated heterocycles. The van der Waals surface area contributed by atoms with Gasteiger partial charge in [0.1, 0.15) is 5.60 Å². The Bertz CT molecular complexity index is 862. The number of rotatable bonds is 5. The van der Waals surface area contributed by atoms with Crippen molar-refractivity contribution < 1.29 is 9.53 Å². The Labute approximate surface area is 169 Å². The van der Waals surface area contributed by atoms with Crippen molar-refractivity contribution in [2.75, 3.05) is 26.2 Å². The summed E-state index contributed by atoms with van der Waals surface area (Å²) in [5.74, 6) is 0.943. The largest absolute Gasteiger partial charge is 0.369 e. The lowest BCUT2D eigenvalue weighted by molar-refractivity contribution is -0.0954. The summed E-state index contributed by atoms with van der Waals surface area (Å²) in [5.41, 5.74) is 2.17. The predicted molar refractivity (Wildman–Crippen MR) is 108 cm³/mol. The summed E-state index contributed by atoms with van der Waals surface area (Å²) in [7, 11) is 1.88. The minimum Gasteiger partial charge on any atom is -0.369 e. The summed E-state index contributed by atoms with van der Waals surface area (Å²) in [6.07, 6.45) is 9.54. The molecule has 3 aliphatic rings. The molecule has 0 radical (unpaired) electrons. The lowest BCUT2D eigenvalue weighted by Crippen LogP contribution is -2.46. The van der Waals surface area contributed by atoms with E-state index in [1.54, 1.807) is 22.2 Å². The third-order valence-corrected chi connectivity index (χ3v) is 7.65. The first-order valence-electron chi connectivity index (χ1n) is 10.4. The molecule has 1 aliphatic carbocycles. The number of nitrogens with one attached hydrogen (secondary N) is 1. The molecule has 1 spiro atoms. The molecule has 2 aromatic rings. The molecule has 0 atom stereocenters. The number of likely N-dealkylation sites (tertiary alicyclic amines) is 1. The van der Waals surface area contributed by atoms with Crippen LogP contribution in [-0.2, 0) is 30.4 Å². The summed E-state index contributed by atoms with van der Waals surface area (Å²) in [5, 5.41) is 7.19. The topological polar surface area (TPSA) is 59.4 Å². The standard InChI is InChI=1S/C21H28N4O2S/c1-24-13-16(12-23-24)11-22-20(26)18-10-17-4-9-27-21(19(17)28-18)5-7-25(8-6-21)14-15-2-3-15/h10,12-13,15H,2-9,11,14H2,1H3,(H,22,26). The highest BCUT2D eigenvalue weighted by Gasteiger charge is 2.43. The molecule has 2 fully saturated rings. The van der Waals surface area contributed by atoms with Gasteiger partial charge in [0.05, 0.1) is 17.7 Å². The van der Waals surface area contributed by atoms with Crippen molar-refractivity contribution in [3.63, 3.8) is 0 Å². The van der Waals surface area contributed by atoms with Crippen LogP contribution in [0.1, 0.15) is 51.4 Å². The van der Waals surface area contributed by atoms with Gasteiger partial charge in [-0.25, -0.2) is 0 Å². The van der Waals surface area contributed by atoms with Gasteiger partial charge in [0, 0.05) is 49.9 Å². The molecule has 150 valence electrons. The first-order valence-corrected chi connectivity index (χ1v) is 11.2. The van der Waals surface area contributed by atoms with Crippen LogP contribution in [0.3, 0.4) is 0 Å². The van der Waals surface area contributed by atoms with Crippen LogP contribution >= 0.6 is 11.3 Å². The zero-order valence-corrected chi connectivity index (χ0v) is 17.3. The normalized spacial score (nSPS) is 21.6. The zero-order valence-electron chi connectivity index (χ0n) is 16.4. The molecule has 6 nitrogen and oxygen atoms in total. The van der Waals surface area contributed by atoms with Crippen molar-refractivity contribution in [2.45, 2.75) is 44.2 Å². The van der Waals surface area contributed by atoms with Gasteiger partial charge in [-0.2, -0.15) is 5.10 Å². The highest BCUT2D eigenvalue weighted by atomic mass is 32.1. The number of fused-ring (bicyclic) bond motifs is 2. The second kappa shape index (κ2) is 7.28. The molecule has 0 unspecified atom stereocenters. The minimum absolute atomic E-state index is 0.00423. The second-order valence-corrected chi connectivity index (χ2v) is 9.56. The molecule has 4 heterocycles. The van der Waals surface area contributed by atoms with E-state index in [9.17, 15) is 4.79 Å². The van der Waals surface area contributed by atoms with E-state index in [1.807, 2.05) is 13.2 Å². The van der Waals surface area contributed by atoms with Gasteiger partial charge in [-0.3, -0.25) is 9.48 Å². The molecule has 1 N–H and O–H groups in total. The van der Waals surface area contributed by atoms with Crippen LogP contribution in [0.5, 0.6) is 0 Å². The number of aryl methyl sites for hydroxylation is 1. The van der Waals surface area contributed by atoms with Crippen molar-refractivity contribution in [1.82, 2.24) is 20.0 Å². The van der Waals surface area contributed by atoms with Crippen LogP contribution in [0.2, 0.25) is 0 Å². The number of carbonyl (C=O) groups excluding carboxylic acids is 1. The summed E-state index contributed by atoms with van der Waals surface area (Å²) >= 11 is 1.64. The number of aromatic nitrogens is 2. The molecule has 2 aromatic heterocycles. The maximum absolute atomic E-state index is 12.7. The zero-order chi connectivity index (χ0) is 19.1. The van der Waals surface area contributed by atoms with Crippen molar-refractivity contribution in [3.8, 4) is 0 Å². The second-order valence-electron chi connectivity index (χ2n) is 8.51. The van der Waals surface area contributed by atoms with Crippen LogP contribution in [0.15, 0.2) is 18.5 Å². The minimum atomic E-state index is -0.166. The van der Waals surface area contributed by atoms with E-state index < -0.39 is 0 Å². The number of piperidine rings is 1. The third-order valence-electron chi connectivity index (χ3n) is 6.28. The average Bonchev–Trinajstić information content (AvgIpc) is 3.23. The number of hydrogen-bond donors (Lipinski definition) is 1. The fraction of sp³-hybridized carbons (Fsp3) is 0.619. The van der Waals surface area contributed by atoms with Crippen LogP contribution in [0.4, 0.5) is 0 Å². The number of nitrogens with zero attached hydrogens (tertiary/aromatic N) is 3.